The topological polar surface area (TPSA) is 82.9 Å². The van der Waals surface area contributed by atoms with Crippen LogP contribution in [0.1, 0.15) is 12.5 Å². The molecule has 1 N–H and O–H groups in total. The lowest BCUT2D eigenvalue weighted by atomic mass is 10.2. The van der Waals surface area contributed by atoms with E-state index in [2.05, 4.69) is 5.32 Å². The molecule has 0 spiro atoms. The van der Waals surface area contributed by atoms with Gasteiger partial charge in [-0.25, -0.2) is 0 Å². The second-order valence-corrected chi connectivity index (χ2v) is 6.32. The van der Waals surface area contributed by atoms with E-state index in [0.717, 1.165) is 18.2 Å². The molecule has 0 bridgehead atoms. The zero-order valence-electron chi connectivity index (χ0n) is 16.0. The minimum atomic E-state index is -4.53. The maximum absolute atomic E-state index is 12.7. The largest absolute Gasteiger partial charge is 0.456 e. The van der Waals surface area contributed by atoms with E-state index in [-0.39, 0.29) is 34.4 Å². The maximum Gasteiger partial charge on any atom is 0.416 e. The van der Waals surface area contributed by atoms with E-state index in [9.17, 15) is 23.3 Å². The number of nitrogens with zero attached hydrogens (tertiary/aromatic N) is 1. The Morgan fingerprint density at radius 2 is 1.83 bits per heavy atom. The summed E-state index contributed by atoms with van der Waals surface area (Å²) in [6.45, 7) is 3.88. The number of anilines is 1. The van der Waals surface area contributed by atoms with Gasteiger partial charge in [-0.1, -0.05) is 11.6 Å². The zero-order valence-corrected chi connectivity index (χ0v) is 16.8. The number of alkyl halides is 3. The molecule has 164 valence electrons. The molecule has 2 aromatic rings. The number of hydrogen-bond acceptors (Lipinski definition) is 6. The molecule has 30 heavy (non-hydrogen) atoms. The highest BCUT2D eigenvalue weighted by atomic mass is 35.5. The van der Waals surface area contributed by atoms with Gasteiger partial charge in [0.1, 0.15) is 17.2 Å². The summed E-state index contributed by atoms with van der Waals surface area (Å²) >= 11 is 5.89. The second kappa shape index (κ2) is 11.0. The smallest absolute Gasteiger partial charge is 0.416 e. The molecule has 0 amide bonds. The van der Waals surface area contributed by atoms with Crippen LogP contribution in [0.4, 0.5) is 24.5 Å². The lowest BCUT2D eigenvalue weighted by molar-refractivity contribution is -0.384. The Balaban J connectivity index is 2.07. The van der Waals surface area contributed by atoms with Crippen LogP contribution in [-0.4, -0.2) is 37.9 Å². The predicted molar refractivity (Wildman–Crippen MR) is 105 cm³/mol. The molecule has 0 heterocycles. The van der Waals surface area contributed by atoms with Gasteiger partial charge in [-0.2, -0.15) is 13.2 Å². The first-order valence-corrected chi connectivity index (χ1v) is 9.32. The van der Waals surface area contributed by atoms with E-state index < -0.39 is 16.7 Å². The fraction of sp³-hybridized carbons (Fsp3) is 0.368. The van der Waals surface area contributed by atoms with Crippen LogP contribution in [0.3, 0.4) is 0 Å². The highest BCUT2D eigenvalue weighted by Crippen LogP contribution is 2.37. The number of nitrogens with one attached hydrogen (secondary N) is 1. The highest BCUT2D eigenvalue weighted by Gasteiger charge is 2.31. The molecule has 0 aliphatic carbocycles. The summed E-state index contributed by atoms with van der Waals surface area (Å²) in [5.41, 5.74) is -0.917. The van der Waals surface area contributed by atoms with Gasteiger partial charge in [0.05, 0.1) is 35.3 Å². The molecule has 0 atom stereocenters. The lowest BCUT2D eigenvalue weighted by Gasteiger charge is -2.13. The summed E-state index contributed by atoms with van der Waals surface area (Å²) in [6.07, 6.45) is -4.53. The van der Waals surface area contributed by atoms with Crippen molar-refractivity contribution in [2.75, 3.05) is 38.3 Å². The van der Waals surface area contributed by atoms with Gasteiger partial charge in [-0.15, -0.1) is 0 Å². The van der Waals surface area contributed by atoms with Gasteiger partial charge in [-0.3, -0.25) is 10.1 Å². The molecule has 0 saturated heterocycles. The number of rotatable bonds is 11. The third-order valence-electron chi connectivity index (χ3n) is 3.79. The van der Waals surface area contributed by atoms with Crippen molar-refractivity contribution < 1.29 is 32.3 Å². The van der Waals surface area contributed by atoms with Crippen molar-refractivity contribution in [1.29, 1.82) is 0 Å². The van der Waals surface area contributed by atoms with Crippen LogP contribution in [-0.2, 0) is 15.7 Å². The van der Waals surface area contributed by atoms with Gasteiger partial charge in [0.2, 0.25) is 0 Å². The lowest BCUT2D eigenvalue weighted by Crippen LogP contribution is -2.13. The fourth-order valence-corrected chi connectivity index (χ4v) is 2.61. The van der Waals surface area contributed by atoms with Crippen molar-refractivity contribution in [3.63, 3.8) is 0 Å². The number of benzene rings is 2. The average Bonchev–Trinajstić information content (AvgIpc) is 2.68. The highest BCUT2D eigenvalue weighted by molar-refractivity contribution is 6.32. The molecule has 7 nitrogen and oxygen atoms in total. The number of nitro benzene ring substituents is 1. The third-order valence-corrected chi connectivity index (χ3v) is 4.09. The molecule has 0 aliphatic heterocycles. The van der Waals surface area contributed by atoms with E-state index in [1.807, 2.05) is 6.92 Å². The minimum absolute atomic E-state index is 0.0104. The number of nitro groups is 1. The van der Waals surface area contributed by atoms with Gasteiger partial charge >= 0.3 is 6.18 Å². The zero-order chi connectivity index (χ0) is 22.1. The molecule has 2 rings (SSSR count). The van der Waals surface area contributed by atoms with Crippen LogP contribution >= 0.6 is 11.6 Å². The van der Waals surface area contributed by atoms with Crippen molar-refractivity contribution in [2.24, 2.45) is 0 Å². The number of hydrogen-bond donors (Lipinski definition) is 1. The first-order chi connectivity index (χ1) is 14.2. The maximum atomic E-state index is 12.7. The van der Waals surface area contributed by atoms with E-state index in [1.54, 1.807) is 0 Å². The molecular weight excluding hydrogens is 429 g/mol. The molecular formula is C19H20ClF3N2O5. The molecule has 2 aromatic carbocycles. The molecule has 0 radical (unpaired) electrons. The number of halogens is 4. The van der Waals surface area contributed by atoms with Crippen LogP contribution in [0.25, 0.3) is 0 Å². The Hall–Kier alpha value is -2.56. The van der Waals surface area contributed by atoms with Crippen molar-refractivity contribution in [3.8, 4) is 11.5 Å². The summed E-state index contributed by atoms with van der Waals surface area (Å²) in [6, 6.07) is 6.60. The van der Waals surface area contributed by atoms with Gasteiger partial charge < -0.3 is 19.5 Å². The first kappa shape index (κ1) is 23.7. The van der Waals surface area contributed by atoms with Gasteiger partial charge in [-0.05, 0) is 31.2 Å². The van der Waals surface area contributed by atoms with Crippen LogP contribution in [0.15, 0.2) is 36.4 Å². The van der Waals surface area contributed by atoms with Crippen LogP contribution in [0, 0.1) is 10.1 Å². The quantitative estimate of drug-likeness (QED) is 0.277. The van der Waals surface area contributed by atoms with E-state index >= 15 is 0 Å². The van der Waals surface area contributed by atoms with Gasteiger partial charge in [0, 0.05) is 25.3 Å². The van der Waals surface area contributed by atoms with Gasteiger partial charge in [0.25, 0.3) is 5.69 Å². The first-order valence-electron chi connectivity index (χ1n) is 8.94. The average molecular weight is 449 g/mol. The summed E-state index contributed by atoms with van der Waals surface area (Å²) in [5, 5.41) is 13.9. The SMILES string of the molecule is CCOCCOCCNc1cc(Oc2ccc(C(F)(F)F)cc2Cl)ccc1[N+](=O)[O-]. The van der Waals surface area contributed by atoms with Crippen LogP contribution in [0.2, 0.25) is 5.02 Å². The van der Waals surface area contributed by atoms with Crippen LogP contribution in [0.5, 0.6) is 11.5 Å². The Morgan fingerprint density at radius 1 is 1.10 bits per heavy atom. The van der Waals surface area contributed by atoms with E-state index in [4.69, 9.17) is 25.8 Å². The fourth-order valence-electron chi connectivity index (χ4n) is 2.39. The van der Waals surface area contributed by atoms with Crippen molar-refractivity contribution in [3.05, 3.63) is 57.1 Å². The minimum Gasteiger partial charge on any atom is -0.456 e. The number of ether oxygens (including phenoxy) is 3. The van der Waals surface area contributed by atoms with E-state index in [1.165, 1.54) is 18.2 Å². The van der Waals surface area contributed by atoms with Crippen molar-refractivity contribution >= 4 is 23.0 Å². The summed E-state index contributed by atoms with van der Waals surface area (Å²) in [7, 11) is 0. The molecule has 0 fully saturated rings. The normalized spacial score (nSPS) is 11.4. The van der Waals surface area contributed by atoms with Crippen molar-refractivity contribution in [1.82, 2.24) is 0 Å². The third kappa shape index (κ3) is 7.05. The second-order valence-electron chi connectivity index (χ2n) is 5.92. The summed E-state index contributed by atoms with van der Waals surface area (Å²) in [5.74, 6) is 0.158. The van der Waals surface area contributed by atoms with Crippen LogP contribution < -0.4 is 10.1 Å². The monoisotopic (exact) mass is 448 g/mol. The Kier molecular flexibility index (Phi) is 8.70. The molecule has 0 aromatic heterocycles. The summed E-state index contributed by atoms with van der Waals surface area (Å²) < 4.78 is 54.2. The Morgan fingerprint density at radius 3 is 2.47 bits per heavy atom. The summed E-state index contributed by atoms with van der Waals surface area (Å²) in [4.78, 5) is 10.7. The molecule has 0 aliphatic rings. The Bertz CT molecular complexity index is 865. The Labute approximate surface area is 175 Å². The van der Waals surface area contributed by atoms with E-state index in [0.29, 0.717) is 26.4 Å². The van der Waals surface area contributed by atoms with Crippen molar-refractivity contribution in [2.45, 2.75) is 13.1 Å². The standard InChI is InChI=1S/C19H20ClF3N2O5/c1-2-28-9-10-29-8-7-24-16-12-14(4-5-17(16)25(26)27)30-18-6-3-13(11-15(18)20)19(21,22)23/h3-6,11-12,24H,2,7-10H2,1H3. The predicted octanol–water partition coefficient (Wildman–Crippen LogP) is 5.52. The van der Waals surface area contributed by atoms with Gasteiger partial charge in [0.15, 0.2) is 0 Å². The molecule has 0 unspecified atom stereocenters. The molecule has 0 saturated carbocycles. The molecule has 11 heteroatoms.